The van der Waals surface area contributed by atoms with Crippen LogP contribution in [0.3, 0.4) is 0 Å². The first-order valence-corrected chi connectivity index (χ1v) is 4.94. The van der Waals surface area contributed by atoms with E-state index in [-0.39, 0.29) is 11.3 Å². The molecule has 1 aliphatic heterocycles. The van der Waals surface area contributed by atoms with Gasteiger partial charge in [-0.1, -0.05) is 0 Å². The maximum absolute atomic E-state index is 11.7. The Morgan fingerprint density at radius 2 is 2.13 bits per heavy atom. The minimum Gasteiger partial charge on any atom is -0.505 e. The summed E-state index contributed by atoms with van der Waals surface area (Å²) in [5, 5.41) is 9.72. The maximum atomic E-state index is 11.7. The monoisotopic (exact) mass is 210 g/mol. The second kappa shape index (κ2) is 3.94. The minimum absolute atomic E-state index is 0.0400. The van der Waals surface area contributed by atoms with E-state index in [9.17, 15) is 9.90 Å². The number of hydrogen-bond donors (Lipinski definition) is 2. The van der Waals surface area contributed by atoms with Crippen LogP contribution in [0.4, 0.5) is 5.69 Å². The summed E-state index contributed by atoms with van der Waals surface area (Å²) in [4.78, 5) is 16.2. The number of pyridine rings is 1. The van der Waals surface area contributed by atoms with Gasteiger partial charge in [0.05, 0.1) is 13.2 Å². The molecule has 2 heterocycles. The smallest absolute Gasteiger partial charge is 0.275 e. The van der Waals surface area contributed by atoms with Crippen LogP contribution in [0.15, 0.2) is 10.9 Å². The number of aromatic nitrogens is 1. The summed E-state index contributed by atoms with van der Waals surface area (Å²) in [7, 11) is 0. The number of aromatic amines is 1. The molecule has 15 heavy (non-hydrogen) atoms. The van der Waals surface area contributed by atoms with Gasteiger partial charge in [0.15, 0.2) is 0 Å². The second-order valence-electron chi connectivity index (χ2n) is 3.61. The van der Waals surface area contributed by atoms with Crippen LogP contribution in [-0.4, -0.2) is 36.4 Å². The van der Waals surface area contributed by atoms with E-state index >= 15 is 0 Å². The van der Waals surface area contributed by atoms with Gasteiger partial charge in [0.25, 0.3) is 5.56 Å². The lowest BCUT2D eigenvalue weighted by molar-refractivity contribution is 0.122. The van der Waals surface area contributed by atoms with E-state index in [4.69, 9.17) is 4.74 Å². The summed E-state index contributed by atoms with van der Waals surface area (Å²) in [6.07, 6.45) is 0. The number of H-pyrrole nitrogens is 1. The van der Waals surface area contributed by atoms with Crippen molar-refractivity contribution in [2.75, 3.05) is 31.2 Å². The van der Waals surface area contributed by atoms with Crippen LogP contribution in [0.1, 0.15) is 5.69 Å². The number of anilines is 1. The van der Waals surface area contributed by atoms with Gasteiger partial charge >= 0.3 is 0 Å². The van der Waals surface area contributed by atoms with Gasteiger partial charge in [-0.2, -0.15) is 0 Å². The molecular formula is C10H14N2O3. The van der Waals surface area contributed by atoms with Crippen LogP contribution >= 0.6 is 0 Å². The molecule has 2 N–H and O–H groups in total. The van der Waals surface area contributed by atoms with Crippen LogP contribution < -0.4 is 10.5 Å². The number of aromatic hydroxyl groups is 1. The van der Waals surface area contributed by atoms with Crippen molar-refractivity contribution in [3.05, 3.63) is 22.1 Å². The fraction of sp³-hybridized carbons (Fsp3) is 0.500. The lowest BCUT2D eigenvalue weighted by Crippen LogP contribution is -2.39. The number of ether oxygens (including phenoxy) is 1. The van der Waals surface area contributed by atoms with Crippen molar-refractivity contribution < 1.29 is 9.84 Å². The first-order chi connectivity index (χ1) is 7.18. The molecule has 0 radical (unpaired) electrons. The molecule has 82 valence electrons. The highest BCUT2D eigenvalue weighted by Crippen LogP contribution is 2.23. The third-order valence-electron chi connectivity index (χ3n) is 2.45. The molecule has 1 aliphatic rings. The molecule has 5 nitrogen and oxygen atoms in total. The molecule has 0 spiro atoms. The zero-order valence-electron chi connectivity index (χ0n) is 8.62. The van der Waals surface area contributed by atoms with Gasteiger partial charge in [0.1, 0.15) is 11.4 Å². The van der Waals surface area contributed by atoms with Crippen LogP contribution in [0.5, 0.6) is 5.75 Å². The normalized spacial score (nSPS) is 16.7. The van der Waals surface area contributed by atoms with Gasteiger partial charge in [0.2, 0.25) is 0 Å². The van der Waals surface area contributed by atoms with E-state index in [0.29, 0.717) is 37.7 Å². The molecule has 1 saturated heterocycles. The lowest BCUT2D eigenvalue weighted by atomic mass is 10.2. The van der Waals surface area contributed by atoms with Crippen molar-refractivity contribution in [3.8, 4) is 5.75 Å². The van der Waals surface area contributed by atoms with Crippen molar-refractivity contribution in [2.45, 2.75) is 6.92 Å². The van der Waals surface area contributed by atoms with E-state index < -0.39 is 0 Å². The van der Waals surface area contributed by atoms with Gasteiger partial charge in [-0.15, -0.1) is 0 Å². The van der Waals surface area contributed by atoms with Crippen molar-refractivity contribution in [1.29, 1.82) is 0 Å². The third kappa shape index (κ3) is 1.97. The molecule has 2 rings (SSSR count). The predicted molar refractivity (Wildman–Crippen MR) is 56.5 cm³/mol. The summed E-state index contributed by atoms with van der Waals surface area (Å²) in [5.74, 6) is 0.0400. The van der Waals surface area contributed by atoms with Gasteiger partial charge in [-0.25, -0.2) is 0 Å². The zero-order valence-corrected chi connectivity index (χ0v) is 8.62. The third-order valence-corrected chi connectivity index (χ3v) is 2.45. The molecule has 1 aromatic rings. The average Bonchev–Trinajstić information content (AvgIpc) is 2.17. The maximum Gasteiger partial charge on any atom is 0.275 e. The molecule has 1 fully saturated rings. The number of nitrogens with one attached hydrogen (secondary N) is 1. The Hall–Kier alpha value is -1.49. The Labute approximate surface area is 87.3 Å². The summed E-state index contributed by atoms with van der Waals surface area (Å²) in [5.41, 5.74) is 0.771. The Morgan fingerprint density at radius 3 is 2.73 bits per heavy atom. The number of morpholine rings is 1. The molecule has 5 heteroatoms. The highest BCUT2D eigenvalue weighted by Gasteiger charge is 2.18. The highest BCUT2D eigenvalue weighted by molar-refractivity contribution is 5.56. The number of nitrogens with zero attached hydrogens (tertiary/aromatic N) is 1. The lowest BCUT2D eigenvalue weighted by Gasteiger charge is -2.28. The first kappa shape index (κ1) is 10.0. The van der Waals surface area contributed by atoms with Crippen molar-refractivity contribution in [1.82, 2.24) is 4.98 Å². The number of rotatable bonds is 1. The highest BCUT2D eigenvalue weighted by atomic mass is 16.5. The molecule has 0 amide bonds. The van der Waals surface area contributed by atoms with Crippen molar-refractivity contribution in [2.24, 2.45) is 0 Å². The van der Waals surface area contributed by atoms with E-state index in [2.05, 4.69) is 4.98 Å². The van der Waals surface area contributed by atoms with Crippen LogP contribution in [-0.2, 0) is 4.74 Å². The Balaban J connectivity index is 2.38. The second-order valence-corrected chi connectivity index (χ2v) is 3.61. The van der Waals surface area contributed by atoms with E-state index in [1.54, 1.807) is 13.0 Å². The number of aryl methyl sites for hydroxylation is 1. The number of hydrogen-bond acceptors (Lipinski definition) is 4. The van der Waals surface area contributed by atoms with Gasteiger partial charge < -0.3 is 19.7 Å². The van der Waals surface area contributed by atoms with Gasteiger partial charge in [-0.3, -0.25) is 4.79 Å². The molecule has 0 unspecified atom stereocenters. The molecule has 0 atom stereocenters. The molecule has 0 aliphatic carbocycles. The summed E-state index contributed by atoms with van der Waals surface area (Å²) < 4.78 is 5.19. The van der Waals surface area contributed by atoms with Crippen LogP contribution in [0, 0.1) is 6.92 Å². The minimum atomic E-state index is -0.241. The average molecular weight is 210 g/mol. The summed E-state index contributed by atoms with van der Waals surface area (Å²) in [6, 6.07) is 1.56. The topological polar surface area (TPSA) is 65.6 Å². The van der Waals surface area contributed by atoms with Crippen molar-refractivity contribution in [3.63, 3.8) is 0 Å². The Bertz CT molecular complexity index is 408. The van der Waals surface area contributed by atoms with Gasteiger partial charge in [0, 0.05) is 24.8 Å². The van der Waals surface area contributed by atoms with E-state index in [1.807, 2.05) is 4.90 Å². The summed E-state index contributed by atoms with van der Waals surface area (Å²) in [6.45, 7) is 4.20. The first-order valence-electron chi connectivity index (χ1n) is 4.94. The Morgan fingerprint density at radius 1 is 1.47 bits per heavy atom. The fourth-order valence-corrected chi connectivity index (χ4v) is 1.76. The van der Waals surface area contributed by atoms with E-state index in [0.717, 1.165) is 0 Å². The van der Waals surface area contributed by atoms with E-state index in [1.165, 1.54) is 0 Å². The molecule has 0 saturated carbocycles. The van der Waals surface area contributed by atoms with Crippen LogP contribution in [0.25, 0.3) is 0 Å². The quantitative estimate of drug-likeness (QED) is 0.696. The largest absolute Gasteiger partial charge is 0.505 e. The zero-order chi connectivity index (χ0) is 10.8. The SMILES string of the molecule is Cc1cc(O)c(N2CCOCC2)c(=O)[nH]1. The van der Waals surface area contributed by atoms with Crippen molar-refractivity contribution >= 4 is 5.69 Å². The molecule has 0 aromatic carbocycles. The Kier molecular flexibility index (Phi) is 2.64. The molecular weight excluding hydrogens is 196 g/mol. The van der Waals surface area contributed by atoms with Crippen LogP contribution in [0.2, 0.25) is 0 Å². The fourth-order valence-electron chi connectivity index (χ4n) is 1.76. The summed E-state index contributed by atoms with van der Waals surface area (Å²) >= 11 is 0. The standard InChI is InChI=1S/C10H14N2O3/c1-7-6-8(13)9(10(14)11-7)12-2-4-15-5-3-12/h6H,2-5H2,1H3,(H2,11,13,14). The van der Waals surface area contributed by atoms with Gasteiger partial charge in [-0.05, 0) is 6.92 Å². The molecule has 1 aromatic heterocycles. The predicted octanol–water partition coefficient (Wildman–Crippen LogP) is 0.226. The molecule has 0 bridgehead atoms.